The third kappa shape index (κ3) is 5.35. The number of piperazine rings is 1. The summed E-state index contributed by atoms with van der Waals surface area (Å²) in [5.41, 5.74) is 0.927. The second kappa shape index (κ2) is 9.62. The number of rotatable bonds is 4. The van der Waals surface area contributed by atoms with Gasteiger partial charge in [0.05, 0.1) is 6.42 Å². The summed E-state index contributed by atoms with van der Waals surface area (Å²) in [6, 6.07) is 7.62. The molecule has 2 fully saturated rings. The first-order valence-corrected chi connectivity index (χ1v) is 9.04. The van der Waals surface area contributed by atoms with Gasteiger partial charge in [0.15, 0.2) is 0 Å². The van der Waals surface area contributed by atoms with E-state index in [1.165, 1.54) is 19.4 Å². The Labute approximate surface area is 155 Å². The van der Waals surface area contributed by atoms with Crippen LogP contribution >= 0.6 is 24.0 Å². The molecule has 2 heterocycles. The third-order valence-corrected chi connectivity index (χ3v) is 5.37. The summed E-state index contributed by atoms with van der Waals surface area (Å²) >= 11 is 6.15. The van der Waals surface area contributed by atoms with E-state index in [4.69, 9.17) is 11.6 Å². The van der Waals surface area contributed by atoms with Crippen LogP contribution < -0.4 is 5.32 Å². The smallest absolute Gasteiger partial charge is 0.227 e. The van der Waals surface area contributed by atoms with Gasteiger partial charge >= 0.3 is 0 Å². The van der Waals surface area contributed by atoms with Crippen molar-refractivity contribution < 1.29 is 4.79 Å². The molecule has 134 valence electrons. The van der Waals surface area contributed by atoms with Crippen molar-refractivity contribution in [1.29, 1.82) is 0 Å². The lowest BCUT2D eigenvalue weighted by Gasteiger charge is -2.37. The maximum atomic E-state index is 12.5. The van der Waals surface area contributed by atoms with Crippen LogP contribution in [0, 0.1) is 5.92 Å². The Morgan fingerprint density at radius 3 is 2.46 bits per heavy atom. The third-order valence-electron chi connectivity index (χ3n) is 5.00. The topological polar surface area (TPSA) is 35.6 Å². The highest BCUT2D eigenvalue weighted by Crippen LogP contribution is 2.18. The zero-order valence-corrected chi connectivity index (χ0v) is 15.6. The fourth-order valence-corrected chi connectivity index (χ4v) is 3.73. The summed E-state index contributed by atoms with van der Waals surface area (Å²) in [5, 5.41) is 4.11. The van der Waals surface area contributed by atoms with Gasteiger partial charge in [-0.3, -0.25) is 9.69 Å². The van der Waals surface area contributed by atoms with Crippen molar-refractivity contribution in [3.05, 3.63) is 34.9 Å². The van der Waals surface area contributed by atoms with Gasteiger partial charge in [0.2, 0.25) is 5.91 Å². The zero-order valence-electron chi connectivity index (χ0n) is 14.0. The Bertz CT molecular complexity index is 527. The van der Waals surface area contributed by atoms with Crippen LogP contribution in [-0.2, 0) is 11.2 Å². The van der Waals surface area contributed by atoms with Crippen LogP contribution in [-0.4, -0.2) is 61.5 Å². The lowest BCUT2D eigenvalue weighted by molar-refractivity contribution is -0.132. The number of carbonyl (C=O) groups excluding carboxylic acids is 1. The largest absolute Gasteiger partial charge is 0.340 e. The van der Waals surface area contributed by atoms with Crippen LogP contribution in [0.4, 0.5) is 0 Å². The molecule has 0 unspecified atom stereocenters. The second-order valence-electron chi connectivity index (χ2n) is 6.64. The highest BCUT2D eigenvalue weighted by Gasteiger charge is 2.24. The average molecular weight is 372 g/mol. The number of nitrogens with zero attached hydrogens (tertiary/aromatic N) is 2. The zero-order chi connectivity index (χ0) is 16.1. The Kier molecular flexibility index (Phi) is 7.82. The molecule has 0 bridgehead atoms. The molecule has 0 aliphatic carbocycles. The molecular weight excluding hydrogens is 345 g/mol. The van der Waals surface area contributed by atoms with Crippen LogP contribution in [0.5, 0.6) is 0 Å². The molecule has 0 aromatic heterocycles. The van der Waals surface area contributed by atoms with Crippen molar-refractivity contribution in [2.24, 2.45) is 5.92 Å². The summed E-state index contributed by atoms with van der Waals surface area (Å²) in [5.74, 6) is 1.02. The molecule has 0 atom stereocenters. The summed E-state index contributed by atoms with van der Waals surface area (Å²) < 4.78 is 0. The summed E-state index contributed by atoms with van der Waals surface area (Å²) in [6.07, 6.45) is 2.98. The minimum atomic E-state index is 0. The lowest BCUT2D eigenvalue weighted by atomic mass is 9.97. The van der Waals surface area contributed by atoms with Crippen molar-refractivity contribution in [1.82, 2.24) is 15.1 Å². The van der Waals surface area contributed by atoms with Crippen LogP contribution in [0.15, 0.2) is 24.3 Å². The van der Waals surface area contributed by atoms with Gasteiger partial charge in [0, 0.05) is 37.7 Å². The number of carbonyl (C=O) groups is 1. The highest BCUT2D eigenvalue weighted by molar-refractivity contribution is 6.31. The monoisotopic (exact) mass is 371 g/mol. The maximum absolute atomic E-state index is 12.5. The van der Waals surface area contributed by atoms with Crippen LogP contribution in [0.3, 0.4) is 0 Å². The molecule has 0 spiro atoms. The van der Waals surface area contributed by atoms with Gasteiger partial charge in [0.1, 0.15) is 0 Å². The molecule has 1 N–H and O–H groups in total. The molecule has 2 aliphatic rings. The molecule has 6 heteroatoms. The Balaban J connectivity index is 0.00000208. The van der Waals surface area contributed by atoms with E-state index < -0.39 is 0 Å². The minimum absolute atomic E-state index is 0. The van der Waals surface area contributed by atoms with Crippen molar-refractivity contribution in [3.8, 4) is 0 Å². The Morgan fingerprint density at radius 1 is 1.12 bits per heavy atom. The lowest BCUT2D eigenvalue weighted by Crippen LogP contribution is -2.50. The molecule has 1 aromatic rings. The molecule has 2 aliphatic heterocycles. The molecule has 3 rings (SSSR count). The summed E-state index contributed by atoms with van der Waals surface area (Å²) in [4.78, 5) is 17.0. The van der Waals surface area contributed by atoms with Crippen molar-refractivity contribution >= 4 is 29.9 Å². The predicted octanol–water partition coefficient (Wildman–Crippen LogP) is 2.45. The van der Waals surface area contributed by atoms with E-state index in [1.54, 1.807) is 0 Å². The van der Waals surface area contributed by atoms with Crippen LogP contribution in [0.25, 0.3) is 0 Å². The SMILES string of the molecule is Cl.O=C(Cc1ccccc1Cl)N1CCN(CC2CCNCC2)CC1. The van der Waals surface area contributed by atoms with Crippen molar-refractivity contribution in [3.63, 3.8) is 0 Å². The molecule has 0 radical (unpaired) electrons. The van der Waals surface area contributed by atoms with E-state index in [-0.39, 0.29) is 18.3 Å². The predicted molar refractivity (Wildman–Crippen MR) is 101 cm³/mol. The molecule has 0 saturated carbocycles. The quantitative estimate of drug-likeness (QED) is 0.882. The highest BCUT2D eigenvalue weighted by atomic mass is 35.5. The Hall–Kier alpha value is -0.810. The number of hydrogen-bond acceptors (Lipinski definition) is 3. The van der Waals surface area contributed by atoms with Gasteiger partial charge in [-0.25, -0.2) is 0 Å². The van der Waals surface area contributed by atoms with Gasteiger partial charge < -0.3 is 10.2 Å². The van der Waals surface area contributed by atoms with E-state index in [1.807, 2.05) is 29.2 Å². The number of benzene rings is 1. The van der Waals surface area contributed by atoms with Gasteiger partial charge in [0.25, 0.3) is 0 Å². The number of halogens is 2. The molecule has 2 saturated heterocycles. The van der Waals surface area contributed by atoms with E-state index in [0.29, 0.717) is 11.4 Å². The van der Waals surface area contributed by atoms with E-state index in [0.717, 1.165) is 50.7 Å². The minimum Gasteiger partial charge on any atom is -0.340 e. The summed E-state index contributed by atoms with van der Waals surface area (Å²) in [7, 11) is 0. The first-order chi connectivity index (χ1) is 11.2. The molecule has 24 heavy (non-hydrogen) atoms. The van der Waals surface area contributed by atoms with Gasteiger partial charge in [-0.1, -0.05) is 29.8 Å². The normalized spacial score (nSPS) is 19.8. The second-order valence-corrected chi connectivity index (χ2v) is 7.05. The standard InChI is InChI=1S/C18H26ClN3O.ClH/c19-17-4-2-1-3-16(17)13-18(23)22-11-9-21(10-12-22)14-15-5-7-20-8-6-15;/h1-4,15,20H,5-14H2;1H. The van der Waals surface area contributed by atoms with E-state index >= 15 is 0 Å². The number of hydrogen-bond donors (Lipinski definition) is 1. The first-order valence-electron chi connectivity index (χ1n) is 8.66. The summed E-state index contributed by atoms with van der Waals surface area (Å²) in [6.45, 7) is 7.18. The molecule has 4 nitrogen and oxygen atoms in total. The number of piperidine rings is 1. The molecule has 1 aromatic carbocycles. The number of nitrogens with one attached hydrogen (secondary N) is 1. The average Bonchev–Trinajstić information content (AvgIpc) is 2.58. The molecular formula is C18H27Cl2N3O. The van der Waals surface area contributed by atoms with Gasteiger partial charge in [-0.15, -0.1) is 12.4 Å². The van der Waals surface area contributed by atoms with Crippen molar-refractivity contribution in [2.45, 2.75) is 19.3 Å². The first kappa shape index (κ1) is 19.5. The van der Waals surface area contributed by atoms with Crippen LogP contribution in [0.2, 0.25) is 5.02 Å². The fourth-order valence-electron chi connectivity index (χ4n) is 3.53. The van der Waals surface area contributed by atoms with Gasteiger partial charge in [-0.2, -0.15) is 0 Å². The molecule has 1 amide bonds. The van der Waals surface area contributed by atoms with E-state index in [9.17, 15) is 4.79 Å². The maximum Gasteiger partial charge on any atom is 0.227 e. The van der Waals surface area contributed by atoms with E-state index in [2.05, 4.69) is 10.2 Å². The van der Waals surface area contributed by atoms with Crippen LogP contribution in [0.1, 0.15) is 18.4 Å². The fraction of sp³-hybridized carbons (Fsp3) is 0.611. The van der Waals surface area contributed by atoms with Gasteiger partial charge in [-0.05, 0) is 43.5 Å². The number of amides is 1. The Morgan fingerprint density at radius 2 is 1.79 bits per heavy atom. The van der Waals surface area contributed by atoms with Crippen molar-refractivity contribution in [2.75, 3.05) is 45.8 Å².